The van der Waals surface area contributed by atoms with Crippen molar-refractivity contribution in [2.75, 3.05) is 32.0 Å². The fourth-order valence-electron chi connectivity index (χ4n) is 3.91. The number of hydrogen-bond acceptors (Lipinski definition) is 11. The summed E-state index contributed by atoms with van der Waals surface area (Å²) in [4.78, 5) is 25.7. The average molecular weight is 552 g/mol. The number of nitrogen functional groups attached to an aromatic ring is 1. The minimum atomic E-state index is -4.52. The highest BCUT2D eigenvalue weighted by Gasteiger charge is 2.37. The van der Waals surface area contributed by atoms with E-state index in [1.165, 1.54) is 55.1 Å². The molecule has 3 aromatic rings. The SMILES string of the molecule is CC[NH+](CC)CC.Nc1ncnc2c1ncn2[C@@H]1O[C@H](COS(=O)(=O)NC(=O)c2ccccc2[O-])C[C@H]1O. The number of para-hydroxylation sites is 1. The van der Waals surface area contributed by atoms with Crippen molar-refractivity contribution >= 4 is 33.2 Å². The quantitative estimate of drug-likeness (QED) is 0.248. The number of aliphatic hydroxyl groups is 1. The number of anilines is 1. The Morgan fingerprint density at radius 3 is 2.55 bits per heavy atom. The highest BCUT2D eigenvalue weighted by atomic mass is 32.2. The number of imidazole rings is 1. The normalized spacial score (nSPS) is 19.3. The van der Waals surface area contributed by atoms with Crippen LogP contribution < -0.4 is 20.5 Å². The molecule has 0 unspecified atom stereocenters. The highest BCUT2D eigenvalue weighted by molar-refractivity contribution is 7.85. The molecule has 1 aliphatic heterocycles. The van der Waals surface area contributed by atoms with Crippen LogP contribution in [0, 0.1) is 0 Å². The van der Waals surface area contributed by atoms with E-state index < -0.39 is 47.0 Å². The lowest BCUT2D eigenvalue weighted by molar-refractivity contribution is -0.894. The zero-order valence-electron chi connectivity index (χ0n) is 21.4. The van der Waals surface area contributed by atoms with E-state index >= 15 is 0 Å². The van der Waals surface area contributed by atoms with Gasteiger partial charge in [-0.15, -0.1) is 0 Å². The number of rotatable bonds is 9. The van der Waals surface area contributed by atoms with E-state index in [1.54, 1.807) is 9.62 Å². The summed E-state index contributed by atoms with van der Waals surface area (Å²) >= 11 is 0. The molecule has 3 heterocycles. The maximum Gasteiger partial charge on any atom is 0.362 e. The second kappa shape index (κ2) is 12.9. The van der Waals surface area contributed by atoms with E-state index in [9.17, 15) is 23.4 Å². The first kappa shape index (κ1) is 29.2. The molecule has 1 fully saturated rings. The van der Waals surface area contributed by atoms with Crippen LogP contribution in [0.2, 0.25) is 0 Å². The van der Waals surface area contributed by atoms with Gasteiger partial charge in [0.15, 0.2) is 17.7 Å². The van der Waals surface area contributed by atoms with Gasteiger partial charge in [-0.25, -0.2) is 19.7 Å². The van der Waals surface area contributed by atoms with Crippen molar-refractivity contribution in [3.05, 3.63) is 42.5 Å². The fraction of sp³-hybridized carbons (Fsp3) is 0.478. The minimum Gasteiger partial charge on any atom is -0.872 e. The summed E-state index contributed by atoms with van der Waals surface area (Å²) in [6.07, 6.45) is -0.0471. The number of aliphatic hydroxyl groups excluding tert-OH is 1. The lowest BCUT2D eigenvalue weighted by Crippen LogP contribution is -3.11. The van der Waals surface area contributed by atoms with Crippen LogP contribution in [0.25, 0.3) is 11.2 Å². The number of nitrogens with zero attached hydrogens (tertiary/aromatic N) is 4. The summed E-state index contributed by atoms with van der Waals surface area (Å²) in [5.74, 6) is -1.58. The molecule has 0 saturated carbocycles. The zero-order valence-corrected chi connectivity index (χ0v) is 22.2. The second-order valence-electron chi connectivity index (χ2n) is 8.51. The van der Waals surface area contributed by atoms with Crippen LogP contribution in [-0.2, 0) is 19.2 Å². The summed E-state index contributed by atoms with van der Waals surface area (Å²) in [6, 6.07) is 5.18. The lowest BCUT2D eigenvalue weighted by Gasteiger charge is -2.17. The van der Waals surface area contributed by atoms with Crippen LogP contribution in [0.1, 0.15) is 43.8 Å². The first-order valence-electron chi connectivity index (χ1n) is 12.2. The first-order chi connectivity index (χ1) is 18.1. The molecule has 1 aromatic carbocycles. The van der Waals surface area contributed by atoms with Gasteiger partial charge in [-0.05, 0) is 20.8 Å². The van der Waals surface area contributed by atoms with Gasteiger partial charge in [-0.3, -0.25) is 13.5 Å². The number of hydrogen-bond donors (Lipinski definition) is 4. The van der Waals surface area contributed by atoms with E-state index in [0.29, 0.717) is 11.2 Å². The molecule has 0 spiro atoms. The predicted octanol–water partition coefficient (Wildman–Crippen LogP) is -1.25. The lowest BCUT2D eigenvalue weighted by atomic mass is 10.2. The Kier molecular flexibility index (Phi) is 9.93. The topological polar surface area (TPSA) is 199 Å². The second-order valence-corrected chi connectivity index (χ2v) is 9.86. The van der Waals surface area contributed by atoms with E-state index in [1.807, 2.05) is 0 Å². The smallest absolute Gasteiger partial charge is 0.362 e. The molecule has 1 amide bonds. The molecule has 3 atom stereocenters. The molecular weight excluding hydrogens is 518 g/mol. The molecular formula is C23H33N7O7S. The number of amides is 1. The van der Waals surface area contributed by atoms with Crippen LogP contribution in [0.4, 0.5) is 5.82 Å². The largest absolute Gasteiger partial charge is 0.872 e. The Labute approximate surface area is 220 Å². The Morgan fingerprint density at radius 2 is 1.92 bits per heavy atom. The minimum absolute atomic E-state index is 0.0533. The van der Waals surface area contributed by atoms with Gasteiger partial charge in [0.1, 0.15) is 17.9 Å². The summed E-state index contributed by atoms with van der Waals surface area (Å²) in [6.45, 7) is 10.0. The van der Waals surface area contributed by atoms with Crippen molar-refractivity contribution in [2.45, 2.75) is 45.6 Å². The Morgan fingerprint density at radius 1 is 1.24 bits per heavy atom. The van der Waals surface area contributed by atoms with Crippen LogP contribution in [0.3, 0.4) is 0 Å². The van der Waals surface area contributed by atoms with Gasteiger partial charge in [-0.2, -0.15) is 8.42 Å². The summed E-state index contributed by atoms with van der Waals surface area (Å²) in [7, 11) is -4.52. The third-order valence-corrected chi connectivity index (χ3v) is 6.97. The molecule has 0 aliphatic carbocycles. The number of benzene rings is 1. The van der Waals surface area contributed by atoms with Gasteiger partial charge in [0, 0.05) is 12.0 Å². The highest BCUT2D eigenvalue weighted by Crippen LogP contribution is 2.31. The Bertz CT molecular complexity index is 1330. The van der Waals surface area contributed by atoms with Crippen molar-refractivity contribution in [3.8, 4) is 5.75 Å². The standard InChI is InChI=1S/C17H18N6O7S.C6H15N/c18-14-13-15(20-7-19-14)23(8-21-13)17-12(25)5-9(30-17)6-29-31(27,28)22-16(26)10-3-1-2-4-11(10)24;1-4-7(5-2)6-3/h1-4,7-9,12,17,24-25H,5-6H2,(H,22,26)(H2,18,19,20);4-6H2,1-3H3/t9-,12+,17+;/m0./s1. The molecule has 1 saturated heterocycles. The number of carbonyl (C=O) groups is 1. The van der Waals surface area contributed by atoms with Gasteiger partial charge in [0.2, 0.25) is 0 Å². The van der Waals surface area contributed by atoms with Crippen LogP contribution >= 0.6 is 0 Å². The summed E-state index contributed by atoms with van der Waals surface area (Å²) in [5.41, 5.74) is 6.09. The number of carbonyl (C=O) groups excluding carboxylic acids is 1. The van der Waals surface area contributed by atoms with E-state index in [2.05, 4.69) is 35.7 Å². The first-order valence-corrected chi connectivity index (χ1v) is 13.6. The molecule has 0 bridgehead atoms. The number of ether oxygens (including phenoxy) is 1. The molecule has 208 valence electrons. The zero-order chi connectivity index (χ0) is 27.9. The predicted molar refractivity (Wildman–Crippen MR) is 135 cm³/mol. The van der Waals surface area contributed by atoms with Crippen molar-refractivity contribution in [2.24, 2.45) is 0 Å². The molecule has 38 heavy (non-hydrogen) atoms. The van der Waals surface area contributed by atoms with Crippen molar-refractivity contribution < 1.29 is 37.2 Å². The molecule has 15 heteroatoms. The molecule has 1 aliphatic rings. The van der Waals surface area contributed by atoms with Gasteiger partial charge in [0.25, 0.3) is 5.91 Å². The molecule has 0 radical (unpaired) electrons. The third kappa shape index (κ3) is 7.14. The average Bonchev–Trinajstić information content (AvgIpc) is 3.48. The Hall–Kier alpha value is -3.37. The number of fused-ring (bicyclic) bond motifs is 1. The maximum atomic E-state index is 12.1. The number of aromatic nitrogens is 4. The van der Waals surface area contributed by atoms with E-state index in [4.69, 9.17) is 14.7 Å². The third-order valence-electron chi connectivity index (χ3n) is 6.09. The molecule has 4 rings (SSSR count). The molecule has 14 nitrogen and oxygen atoms in total. The Balaban J connectivity index is 0.000000505. The van der Waals surface area contributed by atoms with Gasteiger partial charge in [-0.1, -0.05) is 30.0 Å². The monoisotopic (exact) mass is 551 g/mol. The van der Waals surface area contributed by atoms with Crippen LogP contribution in [0.15, 0.2) is 36.9 Å². The van der Waals surface area contributed by atoms with Gasteiger partial charge in [0.05, 0.1) is 38.7 Å². The van der Waals surface area contributed by atoms with Crippen molar-refractivity contribution in [3.63, 3.8) is 0 Å². The van der Waals surface area contributed by atoms with E-state index in [-0.39, 0.29) is 17.8 Å². The maximum absolute atomic E-state index is 12.1. The summed E-state index contributed by atoms with van der Waals surface area (Å²) in [5, 5.41) is 22.0. The molecule has 2 aromatic heterocycles. The number of nitrogens with one attached hydrogen (secondary N) is 2. The van der Waals surface area contributed by atoms with Crippen molar-refractivity contribution in [1.29, 1.82) is 0 Å². The summed E-state index contributed by atoms with van der Waals surface area (Å²) < 4.78 is 37.7. The number of quaternary nitrogens is 1. The number of nitrogens with two attached hydrogens (primary N) is 1. The molecule has 5 N–H and O–H groups in total. The van der Waals surface area contributed by atoms with Crippen LogP contribution in [-0.4, -0.2) is 77.4 Å². The van der Waals surface area contributed by atoms with Crippen LogP contribution in [0.5, 0.6) is 5.75 Å². The fourth-order valence-corrected chi connectivity index (χ4v) is 4.64. The van der Waals surface area contributed by atoms with Gasteiger partial charge < -0.3 is 25.6 Å². The van der Waals surface area contributed by atoms with Crippen molar-refractivity contribution in [1.82, 2.24) is 24.2 Å². The van der Waals surface area contributed by atoms with Gasteiger partial charge >= 0.3 is 10.3 Å². The van der Waals surface area contributed by atoms with E-state index in [0.717, 1.165) is 6.07 Å².